The second-order valence-electron chi connectivity index (χ2n) is 6.51. The Balaban J connectivity index is 0.00000176. The molecule has 2 aliphatic heterocycles. The lowest BCUT2D eigenvalue weighted by Crippen LogP contribution is -2.52. The van der Waals surface area contributed by atoms with Gasteiger partial charge in [0.25, 0.3) is 0 Å². The fraction of sp³-hybridized carbons (Fsp3) is 0.588. The minimum absolute atomic E-state index is 0. The van der Waals surface area contributed by atoms with Crippen LogP contribution in [0, 0.1) is 0 Å². The third-order valence-corrected chi connectivity index (χ3v) is 4.85. The van der Waals surface area contributed by atoms with E-state index in [0.717, 1.165) is 19.4 Å². The zero-order chi connectivity index (χ0) is 14.8. The van der Waals surface area contributed by atoms with Crippen LogP contribution in [0.25, 0.3) is 0 Å². The predicted octanol–water partition coefficient (Wildman–Crippen LogP) is 2.07. The molecule has 3 unspecified atom stereocenters. The van der Waals surface area contributed by atoms with Crippen molar-refractivity contribution in [2.45, 2.75) is 63.3 Å². The van der Waals surface area contributed by atoms with Gasteiger partial charge < -0.3 is 11.1 Å². The predicted molar refractivity (Wildman–Crippen MR) is 90.9 cm³/mol. The van der Waals surface area contributed by atoms with Crippen molar-refractivity contribution in [3.05, 3.63) is 35.9 Å². The monoisotopic (exact) mass is 323 g/mol. The molecule has 3 N–H and O–H groups in total. The molecule has 2 fully saturated rings. The molecule has 0 aliphatic carbocycles. The van der Waals surface area contributed by atoms with E-state index in [1.807, 2.05) is 0 Å². The molecule has 2 bridgehead atoms. The van der Waals surface area contributed by atoms with Gasteiger partial charge in [0.2, 0.25) is 5.91 Å². The van der Waals surface area contributed by atoms with Crippen LogP contribution in [0.4, 0.5) is 0 Å². The lowest BCUT2D eigenvalue weighted by molar-refractivity contribution is -0.123. The van der Waals surface area contributed by atoms with Crippen molar-refractivity contribution in [1.82, 2.24) is 10.2 Å². The highest BCUT2D eigenvalue weighted by Crippen LogP contribution is 2.36. The van der Waals surface area contributed by atoms with Crippen molar-refractivity contribution >= 4 is 18.3 Å². The Bertz CT molecular complexity index is 480. The van der Waals surface area contributed by atoms with Gasteiger partial charge in [-0.3, -0.25) is 9.69 Å². The quantitative estimate of drug-likeness (QED) is 0.891. The first kappa shape index (κ1) is 17.3. The molecule has 3 atom stereocenters. The number of hydrogen-bond donors (Lipinski definition) is 2. The maximum absolute atomic E-state index is 11.8. The van der Waals surface area contributed by atoms with Gasteiger partial charge >= 0.3 is 0 Å². The van der Waals surface area contributed by atoms with Crippen LogP contribution in [-0.2, 0) is 11.3 Å². The van der Waals surface area contributed by atoms with E-state index in [1.54, 1.807) is 6.92 Å². The van der Waals surface area contributed by atoms with Gasteiger partial charge in [0.15, 0.2) is 0 Å². The molecular formula is C17H26ClN3O. The molecule has 0 saturated carbocycles. The molecule has 0 aromatic heterocycles. The van der Waals surface area contributed by atoms with E-state index in [2.05, 4.69) is 40.5 Å². The van der Waals surface area contributed by atoms with Gasteiger partial charge in [0.05, 0.1) is 6.04 Å². The van der Waals surface area contributed by atoms with E-state index in [-0.39, 0.29) is 18.3 Å². The Labute approximate surface area is 138 Å². The number of fused-ring (bicyclic) bond motifs is 2. The van der Waals surface area contributed by atoms with E-state index in [9.17, 15) is 4.79 Å². The van der Waals surface area contributed by atoms with Gasteiger partial charge in [-0.1, -0.05) is 30.3 Å². The van der Waals surface area contributed by atoms with Gasteiger partial charge in [0, 0.05) is 24.7 Å². The van der Waals surface area contributed by atoms with Crippen LogP contribution in [0.3, 0.4) is 0 Å². The number of nitrogens with two attached hydrogens (primary N) is 1. The minimum atomic E-state index is -0.412. The van der Waals surface area contributed by atoms with E-state index < -0.39 is 6.04 Å². The molecule has 1 amide bonds. The first-order chi connectivity index (χ1) is 10.1. The van der Waals surface area contributed by atoms with Crippen LogP contribution in [0.2, 0.25) is 0 Å². The normalized spacial score (nSPS) is 28.7. The Morgan fingerprint density at radius 2 is 1.86 bits per heavy atom. The fourth-order valence-electron chi connectivity index (χ4n) is 3.78. The van der Waals surface area contributed by atoms with Crippen molar-refractivity contribution in [3.63, 3.8) is 0 Å². The summed E-state index contributed by atoms with van der Waals surface area (Å²) in [7, 11) is 0. The highest BCUT2D eigenvalue weighted by molar-refractivity contribution is 5.85. The van der Waals surface area contributed by atoms with Crippen LogP contribution >= 0.6 is 12.4 Å². The number of benzene rings is 1. The number of carbonyl (C=O) groups excluding carboxylic acids is 1. The van der Waals surface area contributed by atoms with Crippen molar-refractivity contribution in [2.75, 3.05) is 0 Å². The molecule has 2 saturated heterocycles. The van der Waals surface area contributed by atoms with E-state index >= 15 is 0 Å². The standard InChI is InChI=1S/C17H25N3O.ClH/c1-12(18)17(21)19-14-9-15-7-8-16(10-14)20(15)11-13-5-3-2-4-6-13;/h2-6,12,14-16H,7-11,18H2,1H3,(H,19,21);1H. The van der Waals surface area contributed by atoms with E-state index in [0.29, 0.717) is 18.1 Å². The Kier molecular flexibility index (Phi) is 5.84. The van der Waals surface area contributed by atoms with Crippen LogP contribution in [0.1, 0.15) is 38.2 Å². The van der Waals surface area contributed by atoms with Gasteiger partial charge in [-0.15, -0.1) is 12.4 Å². The summed E-state index contributed by atoms with van der Waals surface area (Å²) >= 11 is 0. The zero-order valence-electron chi connectivity index (χ0n) is 13.1. The number of amides is 1. The summed E-state index contributed by atoms with van der Waals surface area (Å²) in [5, 5.41) is 3.11. The molecule has 122 valence electrons. The summed E-state index contributed by atoms with van der Waals surface area (Å²) in [5.74, 6) is -0.0177. The number of piperidine rings is 1. The van der Waals surface area contributed by atoms with Gasteiger partial charge in [-0.25, -0.2) is 0 Å². The molecule has 4 nitrogen and oxygen atoms in total. The highest BCUT2D eigenvalue weighted by Gasteiger charge is 2.40. The summed E-state index contributed by atoms with van der Waals surface area (Å²) in [6.45, 7) is 2.78. The first-order valence-corrected chi connectivity index (χ1v) is 7.99. The third-order valence-electron chi connectivity index (χ3n) is 4.85. The summed E-state index contributed by atoms with van der Waals surface area (Å²) in [6, 6.07) is 11.8. The molecule has 2 heterocycles. The molecule has 0 spiro atoms. The van der Waals surface area contributed by atoms with Gasteiger partial charge in [-0.2, -0.15) is 0 Å². The van der Waals surface area contributed by atoms with Crippen LogP contribution in [0.5, 0.6) is 0 Å². The van der Waals surface area contributed by atoms with E-state index in [4.69, 9.17) is 5.73 Å². The number of nitrogens with zero attached hydrogens (tertiary/aromatic N) is 1. The maximum Gasteiger partial charge on any atom is 0.236 e. The molecule has 1 aromatic carbocycles. The molecule has 5 heteroatoms. The second kappa shape index (κ2) is 7.44. The van der Waals surface area contributed by atoms with Gasteiger partial charge in [-0.05, 0) is 38.2 Å². The summed E-state index contributed by atoms with van der Waals surface area (Å²) in [4.78, 5) is 14.4. The van der Waals surface area contributed by atoms with Crippen LogP contribution in [-0.4, -0.2) is 35.0 Å². The Morgan fingerprint density at radius 1 is 1.27 bits per heavy atom. The molecule has 1 aromatic rings. The molecular weight excluding hydrogens is 298 g/mol. The molecule has 3 rings (SSSR count). The lowest BCUT2D eigenvalue weighted by atomic mass is 9.96. The largest absolute Gasteiger partial charge is 0.352 e. The zero-order valence-corrected chi connectivity index (χ0v) is 13.9. The van der Waals surface area contributed by atoms with Gasteiger partial charge in [0.1, 0.15) is 0 Å². The number of rotatable bonds is 4. The SMILES string of the molecule is CC(N)C(=O)NC1CC2CCC(C1)N2Cc1ccccc1.Cl. The first-order valence-electron chi connectivity index (χ1n) is 7.99. The Hall–Kier alpha value is -1.10. The molecule has 22 heavy (non-hydrogen) atoms. The third kappa shape index (κ3) is 3.80. The van der Waals surface area contributed by atoms with Crippen molar-refractivity contribution < 1.29 is 4.79 Å². The van der Waals surface area contributed by atoms with Crippen molar-refractivity contribution in [3.8, 4) is 0 Å². The second-order valence-corrected chi connectivity index (χ2v) is 6.51. The molecule has 0 radical (unpaired) electrons. The molecule has 2 aliphatic rings. The van der Waals surface area contributed by atoms with Crippen molar-refractivity contribution in [1.29, 1.82) is 0 Å². The number of nitrogens with one attached hydrogen (secondary N) is 1. The topological polar surface area (TPSA) is 58.4 Å². The van der Waals surface area contributed by atoms with E-state index in [1.165, 1.54) is 18.4 Å². The summed E-state index contributed by atoms with van der Waals surface area (Å²) in [6.07, 6.45) is 4.62. The number of halogens is 1. The smallest absolute Gasteiger partial charge is 0.236 e. The maximum atomic E-state index is 11.8. The highest BCUT2D eigenvalue weighted by atomic mass is 35.5. The lowest BCUT2D eigenvalue weighted by Gasteiger charge is -2.39. The summed E-state index contributed by atoms with van der Waals surface area (Å²) in [5.41, 5.74) is 7.03. The summed E-state index contributed by atoms with van der Waals surface area (Å²) < 4.78 is 0. The number of carbonyl (C=O) groups is 1. The fourth-order valence-corrected chi connectivity index (χ4v) is 3.78. The van der Waals surface area contributed by atoms with Crippen molar-refractivity contribution in [2.24, 2.45) is 5.73 Å². The average Bonchev–Trinajstić information content (AvgIpc) is 2.71. The van der Waals surface area contributed by atoms with Crippen LogP contribution in [0.15, 0.2) is 30.3 Å². The minimum Gasteiger partial charge on any atom is -0.352 e. The Morgan fingerprint density at radius 3 is 2.41 bits per heavy atom. The number of hydrogen-bond acceptors (Lipinski definition) is 3. The van der Waals surface area contributed by atoms with Crippen LogP contribution < -0.4 is 11.1 Å². The average molecular weight is 324 g/mol.